The Morgan fingerprint density at radius 3 is 1.23 bits per heavy atom. The Morgan fingerprint density at radius 2 is 0.932 bits per heavy atom. The maximum atomic E-state index is 12.6. The molecule has 228 valence electrons. The second kappa shape index (κ2) is 13.1. The van der Waals surface area contributed by atoms with E-state index in [1.54, 1.807) is 24.3 Å². The van der Waals surface area contributed by atoms with Crippen molar-refractivity contribution in [3.63, 3.8) is 0 Å². The summed E-state index contributed by atoms with van der Waals surface area (Å²) < 4.78 is 82.5. The van der Waals surface area contributed by atoms with Gasteiger partial charge in [-0.3, -0.25) is 9.59 Å². The Kier molecular flexibility index (Phi) is 9.50. The van der Waals surface area contributed by atoms with E-state index < -0.39 is 41.8 Å². The van der Waals surface area contributed by atoms with Gasteiger partial charge in [0.05, 0.1) is 24.0 Å². The molecule has 0 aliphatic carbocycles. The minimum Gasteiger partial charge on any atom is -0.744 e. The fourth-order valence-electron chi connectivity index (χ4n) is 4.00. The molecule has 0 aliphatic rings. The fourth-order valence-corrected chi connectivity index (χ4v) is 5.40. The van der Waals surface area contributed by atoms with Crippen LogP contribution in [0.5, 0.6) is 11.5 Å². The number of anilines is 2. The second-order valence-corrected chi connectivity index (χ2v) is 11.8. The quantitative estimate of drug-likeness (QED) is 0.188. The molecule has 2 amide bonds. The number of carbonyl (C=O) groups is 2. The Bertz CT molecular complexity index is 1810. The molecule has 14 heteroatoms. The summed E-state index contributed by atoms with van der Waals surface area (Å²) in [7, 11) is -7.19. The fraction of sp³-hybridized carbons (Fsp3) is 0.0667. The van der Waals surface area contributed by atoms with E-state index in [0.717, 1.165) is 24.3 Å². The number of rotatable bonds is 10. The average Bonchev–Trinajstić information content (AvgIpc) is 2.99. The molecule has 0 fully saturated rings. The van der Waals surface area contributed by atoms with Crippen LogP contribution in [-0.4, -0.2) is 52.0 Å². The predicted molar refractivity (Wildman–Crippen MR) is 160 cm³/mol. The van der Waals surface area contributed by atoms with Crippen molar-refractivity contribution in [1.29, 1.82) is 0 Å². The average molecular weight is 637 g/mol. The molecule has 4 rings (SSSR count). The van der Waals surface area contributed by atoms with Crippen molar-refractivity contribution in [2.24, 2.45) is 0 Å². The predicted octanol–water partition coefficient (Wildman–Crippen LogP) is 4.19. The van der Waals surface area contributed by atoms with Crippen molar-refractivity contribution in [2.75, 3.05) is 24.9 Å². The van der Waals surface area contributed by atoms with Crippen molar-refractivity contribution in [3.8, 4) is 11.5 Å². The number of ether oxygens (including phenoxy) is 2. The zero-order valence-electron chi connectivity index (χ0n) is 23.1. The molecule has 0 radical (unpaired) electrons. The van der Waals surface area contributed by atoms with Crippen LogP contribution in [0, 0.1) is 0 Å². The maximum absolute atomic E-state index is 12.6. The third kappa shape index (κ3) is 7.87. The molecule has 2 N–H and O–H groups in total. The first kappa shape index (κ1) is 31.9. The van der Waals surface area contributed by atoms with E-state index in [1.165, 1.54) is 62.8 Å². The van der Waals surface area contributed by atoms with Crippen molar-refractivity contribution < 1.29 is 45.0 Å². The Labute approximate surface area is 253 Å². The van der Waals surface area contributed by atoms with Gasteiger partial charge in [-0.05, 0) is 83.9 Å². The number of hydrogen-bond acceptors (Lipinski definition) is 10. The van der Waals surface area contributed by atoms with Crippen molar-refractivity contribution in [3.05, 3.63) is 107 Å². The summed E-state index contributed by atoms with van der Waals surface area (Å²) in [5.74, 6) is -0.0963. The van der Waals surface area contributed by atoms with Crippen molar-refractivity contribution in [2.45, 2.75) is 9.79 Å². The molecule has 0 bridgehead atoms. The smallest absolute Gasteiger partial charge is 0.255 e. The number of amides is 2. The lowest BCUT2D eigenvalue weighted by Crippen LogP contribution is -2.13. The molecule has 0 aromatic heterocycles. The SMILES string of the molecule is COc1ccc(C(=O)Nc2ccc(/C=C/c3ccc(NC(=O)c4ccc(OC)cc4)cc3S(=O)(=O)[O-])c(S(=O)(=O)[O-])c2)cc1. The van der Waals surface area contributed by atoms with Gasteiger partial charge in [0.1, 0.15) is 31.7 Å². The second-order valence-electron chi connectivity index (χ2n) is 9.11. The third-order valence-corrected chi connectivity index (χ3v) is 8.01. The van der Waals surface area contributed by atoms with Gasteiger partial charge in [0.2, 0.25) is 0 Å². The zero-order valence-corrected chi connectivity index (χ0v) is 24.8. The summed E-state index contributed by atoms with van der Waals surface area (Å²) in [6, 6.07) is 19.3. The van der Waals surface area contributed by atoms with Crippen molar-refractivity contribution >= 4 is 55.6 Å². The van der Waals surface area contributed by atoms with Crippen LogP contribution in [-0.2, 0) is 20.2 Å². The number of methoxy groups -OCH3 is 2. The van der Waals surface area contributed by atoms with Gasteiger partial charge in [-0.2, -0.15) is 0 Å². The lowest BCUT2D eigenvalue weighted by atomic mass is 10.1. The highest BCUT2D eigenvalue weighted by Crippen LogP contribution is 2.27. The van der Waals surface area contributed by atoms with Crippen LogP contribution in [0.2, 0.25) is 0 Å². The van der Waals surface area contributed by atoms with Gasteiger partial charge in [0.15, 0.2) is 0 Å². The first-order chi connectivity index (χ1) is 20.8. The number of nitrogens with one attached hydrogen (secondary N) is 2. The van der Waals surface area contributed by atoms with Gasteiger partial charge in [0, 0.05) is 22.5 Å². The van der Waals surface area contributed by atoms with E-state index in [4.69, 9.17) is 9.47 Å². The van der Waals surface area contributed by atoms with E-state index in [2.05, 4.69) is 10.6 Å². The van der Waals surface area contributed by atoms with Gasteiger partial charge in [0.25, 0.3) is 11.8 Å². The van der Waals surface area contributed by atoms with Gasteiger partial charge < -0.3 is 29.2 Å². The maximum Gasteiger partial charge on any atom is 0.255 e. The van der Waals surface area contributed by atoms with E-state index in [-0.39, 0.29) is 33.6 Å². The van der Waals surface area contributed by atoms with Crippen LogP contribution in [0.1, 0.15) is 31.8 Å². The zero-order chi connectivity index (χ0) is 32.1. The van der Waals surface area contributed by atoms with E-state index >= 15 is 0 Å². The summed E-state index contributed by atoms with van der Waals surface area (Å²) in [6.45, 7) is 0. The first-order valence-electron chi connectivity index (χ1n) is 12.6. The molecule has 0 saturated heterocycles. The van der Waals surface area contributed by atoms with Gasteiger partial charge in [-0.15, -0.1) is 0 Å². The first-order valence-corrected chi connectivity index (χ1v) is 15.4. The third-order valence-electron chi connectivity index (χ3n) is 6.23. The molecule has 0 heterocycles. The molecule has 4 aromatic rings. The van der Waals surface area contributed by atoms with Gasteiger partial charge >= 0.3 is 0 Å². The van der Waals surface area contributed by atoms with Crippen molar-refractivity contribution in [1.82, 2.24) is 0 Å². The van der Waals surface area contributed by atoms with Crippen LogP contribution < -0.4 is 20.1 Å². The highest BCUT2D eigenvalue weighted by Gasteiger charge is 2.14. The summed E-state index contributed by atoms with van der Waals surface area (Å²) in [6.07, 6.45) is 2.28. The Morgan fingerprint density at radius 1 is 0.591 bits per heavy atom. The number of carbonyl (C=O) groups excluding carboxylic acids is 2. The summed E-state index contributed by atoms with van der Waals surface area (Å²) in [4.78, 5) is 23.8. The van der Waals surface area contributed by atoms with Crippen LogP contribution >= 0.6 is 0 Å². The number of benzene rings is 4. The molecule has 0 atom stereocenters. The molecule has 0 spiro atoms. The van der Waals surface area contributed by atoms with Crippen LogP contribution in [0.25, 0.3) is 12.2 Å². The number of hydrogen-bond donors (Lipinski definition) is 2. The molecule has 0 unspecified atom stereocenters. The molecule has 0 aliphatic heterocycles. The lowest BCUT2D eigenvalue weighted by Gasteiger charge is -2.15. The summed E-state index contributed by atoms with van der Waals surface area (Å²) in [5, 5.41) is 5.02. The summed E-state index contributed by atoms with van der Waals surface area (Å²) >= 11 is 0. The minimum atomic E-state index is -5.06. The van der Waals surface area contributed by atoms with E-state index in [1.807, 2.05) is 0 Å². The highest BCUT2D eigenvalue weighted by molar-refractivity contribution is 7.86. The lowest BCUT2D eigenvalue weighted by molar-refractivity contribution is 0.101. The molecule has 0 saturated carbocycles. The van der Waals surface area contributed by atoms with Crippen LogP contribution in [0.15, 0.2) is 94.7 Å². The van der Waals surface area contributed by atoms with E-state index in [9.17, 15) is 35.5 Å². The normalized spacial score (nSPS) is 11.6. The topological polar surface area (TPSA) is 191 Å². The molecular weight excluding hydrogens is 612 g/mol. The van der Waals surface area contributed by atoms with Gasteiger partial charge in [-0.25, -0.2) is 16.8 Å². The Hall–Kier alpha value is -5.02. The standard InChI is InChI=1S/C30H26N2O10S2/c1-41-25-13-7-21(8-14-25)29(33)31-23-11-5-19(27(17-23)43(35,36)37)3-4-20-6-12-24(18-28(20)44(38,39)40)32-30(34)22-9-15-26(42-2)16-10-22/h3-18H,1-2H3,(H,31,33)(H,32,34)(H,35,36,37)(H,38,39,40)/p-2/b4-3+. The van der Waals surface area contributed by atoms with Crippen LogP contribution in [0.3, 0.4) is 0 Å². The molecule has 12 nitrogen and oxygen atoms in total. The van der Waals surface area contributed by atoms with E-state index in [0.29, 0.717) is 11.5 Å². The minimum absolute atomic E-state index is 0.0113. The highest BCUT2D eigenvalue weighted by atomic mass is 32.2. The van der Waals surface area contributed by atoms with Gasteiger partial charge in [-0.1, -0.05) is 24.3 Å². The molecule has 4 aromatic carbocycles. The Balaban J connectivity index is 1.61. The largest absolute Gasteiger partial charge is 0.744 e. The van der Waals surface area contributed by atoms with Crippen LogP contribution in [0.4, 0.5) is 11.4 Å². The molecule has 44 heavy (non-hydrogen) atoms. The summed E-state index contributed by atoms with van der Waals surface area (Å²) in [5.41, 5.74) is 0.254. The monoisotopic (exact) mass is 636 g/mol. The molecular formula is C30H24N2O10S2-2.